The van der Waals surface area contributed by atoms with E-state index >= 15 is 0 Å². The molecule has 0 unspecified atom stereocenters. The minimum Gasteiger partial charge on any atom is -0.478 e. The van der Waals surface area contributed by atoms with E-state index in [4.69, 9.17) is 5.11 Å². The predicted octanol–water partition coefficient (Wildman–Crippen LogP) is 2.73. The second-order valence-corrected chi connectivity index (χ2v) is 7.29. The number of aromatic carboxylic acids is 1. The molecule has 0 amide bonds. The molecule has 1 heterocycles. The van der Waals surface area contributed by atoms with Crippen molar-refractivity contribution in [2.75, 3.05) is 11.4 Å². The molecule has 1 N–H and O–H groups in total. The minimum atomic E-state index is -3.95. The van der Waals surface area contributed by atoms with Crippen molar-refractivity contribution in [1.29, 1.82) is 0 Å². The number of carboxylic acids is 1. The van der Waals surface area contributed by atoms with Gasteiger partial charge in [0.25, 0.3) is 10.0 Å². The van der Waals surface area contributed by atoms with Gasteiger partial charge in [-0.15, -0.1) is 0 Å². The molecule has 0 saturated carbocycles. The van der Waals surface area contributed by atoms with Crippen LogP contribution in [0.15, 0.2) is 47.6 Å². The highest BCUT2D eigenvalue weighted by molar-refractivity contribution is 7.92. The summed E-state index contributed by atoms with van der Waals surface area (Å²) < 4.78 is 26.6. The van der Waals surface area contributed by atoms with Gasteiger partial charge in [0, 0.05) is 13.2 Å². The number of hydrogen-bond donors (Lipinski definition) is 1. The maximum absolute atomic E-state index is 12.8. The molecule has 0 spiro atoms. The fraction of sp³-hybridized carbons (Fsp3) is 0.250. The summed E-state index contributed by atoms with van der Waals surface area (Å²) in [6.45, 7) is 3.95. The fourth-order valence-electron chi connectivity index (χ4n) is 2.22. The first-order chi connectivity index (χ1) is 10.7. The second kappa shape index (κ2) is 6.37. The number of pyridine rings is 1. The number of para-hydroxylation sites is 1. The zero-order chi connectivity index (χ0) is 17.2. The highest BCUT2D eigenvalue weighted by Crippen LogP contribution is 2.29. The topological polar surface area (TPSA) is 87.6 Å². The van der Waals surface area contributed by atoms with Crippen molar-refractivity contribution in [2.24, 2.45) is 0 Å². The molecule has 0 aliphatic heterocycles. The van der Waals surface area contributed by atoms with E-state index < -0.39 is 16.0 Å². The monoisotopic (exact) mass is 334 g/mol. The maximum Gasteiger partial charge on any atom is 0.335 e. The maximum atomic E-state index is 12.8. The molecule has 2 aromatic rings. The van der Waals surface area contributed by atoms with Crippen molar-refractivity contribution in [1.82, 2.24) is 4.98 Å². The number of nitrogens with zero attached hydrogens (tertiary/aromatic N) is 2. The number of hydrogen-bond acceptors (Lipinski definition) is 4. The molecule has 2 rings (SSSR count). The van der Waals surface area contributed by atoms with Gasteiger partial charge in [-0.1, -0.05) is 32.0 Å². The van der Waals surface area contributed by atoms with Crippen LogP contribution in [-0.2, 0) is 10.0 Å². The summed E-state index contributed by atoms with van der Waals surface area (Å²) in [5.41, 5.74) is 1.31. The van der Waals surface area contributed by atoms with Crippen LogP contribution in [0.25, 0.3) is 0 Å². The molecule has 0 bridgehead atoms. The first-order valence-corrected chi connectivity index (χ1v) is 8.46. The molecule has 23 heavy (non-hydrogen) atoms. The lowest BCUT2D eigenvalue weighted by atomic mass is 10.0. The van der Waals surface area contributed by atoms with Crippen molar-refractivity contribution in [3.63, 3.8) is 0 Å². The summed E-state index contributed by atoms with van der Waals surface area (Å²) in [7, 11) is -2.51. The number of sulfonamides is 1. The van der Waals surface area contributed by atoms with Crippen LogP contribution in [-0.4, -0.2) is 31.5 Å². The summed E-state index contributed by atoms with van der Waals surface area (Å²) in [5.74, 6) is -1.06. The molecular formula is C16H18N2O4S. The SMILES string of the molecule is CC(C)c1ccccc1N(C)S(=O)(=O)c1cc(C(=O)O)ccn1. The van der Waals surface area contributed by atoms with E-state index in [0.717, 1.165) is 15.9 Å². The van der Waals surface area contributed by atoms with Gasteiger partial charge >= 0.3 is 5.97 Å². The van der Waals surface area contributed by atoms with Crippen molar-refractivity contribution in [3.8, 4) is 0 Å². The van der Waals surface area contributed by atoms with Crippen LogP contribution < -0.4 is 4.31 Å². The zero-order valence-corrected chi connectivity index (χ0v) is 13.9. The van der Waals surface area contributed by atoms with E-state index in [-0.39, 0.29) is 16.5 Å². The molecule has 0 radical (unpaired) electrons. The lowest BCUT2D eigenvalue weighted by molar-refractivity contribution is 0.0696. The molecule has 122 valence electrons. The van der Waals surface area contributed by atoms with Crippen LogP contribution in [0.4, 0.5) is 5.69 Å². The predicted molar refractivity (Wildman–Crippen MR) is 87.3 cm³/mol. The van der Waals surface area contributed by atoms with Crippen LogP contribution in [0.5, 0.6) is 0 Å². The molecule has 0 fully saturated rings. The van der Waals surface area contributed by atoms with Crippen LogP contribution >= 0.6 is 0 Å². The average molecular weight is 334 g/mol. The summed E-state index contributed by atoms with van der Waals surface area (Å²) in [6, 6.07) is 9.51. The Morgan fingerprint density at radius 3 is 2.48 bits per heavy atom. The van der Waals surface area contributed by atoms with E-state index in [1.807, 2.05) is 26.0 Å². The Morgan fingerprint density at radius 2 is 1.87 bits per heavy atom. The van der Waals surface area contributed by atoms with Gasteiger partial charge in [0.15, 0.2) is 5.03 Å². The number of anilines is 1. The number of rotatable bonds is 5. The number of carbonyl (C=O) groups is 1. The van der Waals surface area contributed by atoms with E-state index in [9.17, 15) is 13.2 Å². The van der Waals surface area contributed by atoms with Gasteiger partial charge in [0.05, 0.1) is 11.3 Å². The minimum absolute atomic E-state index is 0.121. The van der Waals surface area contributed by atoms with Gasteiger partial charge in [-0.3, -0.25) is 4.31 Å². The Balaban J connectivity index is 2.52. The second-order valence-electron chi connectivity index (χ2n) is 5.37. The molecule has 6 nitrogen and oxygen atoms in total. The Hall–Kier alpha value is -2.41. The van der Waals surface area contributed by atoms with Crippen LogP contribution in [0.2, 0.25) is 0 Å². The third-order valence-corrected chi connectivity index (χ3v) is 5.17. The zero-order valence-electron chi connectivity index (χ0n) is 13.1. The smallest absolute Gasteiger partial charge is 0.335 e. The quantitative estimate of drug-likeness (QED) is 0.908. The summed E-state index contributed by atoms with van der Waals surface area (Å²) >= 11 is 0. The molecule has 0 atom stereocenters. The third kappa shape index (κ3) is 3.34. The van der Waals surface area contributed by atoms with Crippen LogP contribution in [0.3, 0.4) is 0 Å². The largest absolute Gasteiger partial charge is 0.478 e. The van der Waals surface area contributed by atoms with Gasteiger partial charge in [0.2, 0.25) is 0 Å². The highest BCUT2D eigenvalue weighted by atomic mass is 32.2. The standard InChI is InChI=1S/C16H18N2O4S/c1-11(2)13-6-4-5-7-14(13)18(3)23(21,22)15-10-12(16(19)20)8-9-17-15/h4-11H,1-3H3,(H,19,20). The first kappa shape index (κ1) is 17.0. The van der Waals surface area contributed by atoms with Crippen LogP contribution in [0, 0.1) is 0 Å². The highest BCUT2D eigenvalue weighted by Gasteiger charge is 2.25. The summed E-state index contributed by atoms with van der Waals surface area (Å²) in [6.07, 6.45) is 1.18. The lowest BCUT2D eigenvalue weighted by Gasteiger charge is -2.23. The van der Waals surface area contributed by atoms with Gasteiger partial charge in [-0.25, -0.2) is 9.78 Å². The molecule has 0 aliphatic carbocycles. The molecule has 0 saturated heterocycles. The first-order valence-electron chi connectivity index (χ1n) is 7.02. The molecule has 1 aromatic heterocycles. The summed E-state index contributed by atoms with van der Waals surface area (Å²) in [4.78, 5) is 14.8. The van der Waals surface area contributed by atoms with Gasteiger partial charge in [-0.05, 0) is 29.7 Å². The molecule has 7 heteroatoms. The van der Waals surface area contributed by atoms with E-state index in [1.54, 1.807) is 12.1 Å². The molecule has 1 aromatic carbocycles. The lowest BCUT2D eigenvalue weighted by Crippen LogP contribution is -2.28. The number of benzene rings is 1. The van der Waals surface area contributed by atoms with Crippen molar-refractivity contribution >= 4 is 21.7 Å². The van der Waals surface area contributed by atoms with Gasteiger partial charge in [0.1, 0.15) is 0 Å². The van der Waals surface area contributed by atoms with Crippen molar-refractivity contribution in [2.45, 2.75) is 24.8 Å². The third-order valence-electron chi connectivity index (χ3n) is 3.50. The number of aromatic nitrogens is 1. The Kier molecular flexibility index (Phi) is 4.70. The van der Waals surface area contributed by atoms with E-state index in [1.165, 1.54) is 19.3 Å². The van der Waals surface area contributed by atoms with Crippen molar-refractivity contribution in [3.05, 3.63) is 53.7 Å². The Bertz CT molecular complexity index is 831. The van der Waals surface area contributed by atoms with E-state index in [2.05, 4.69) is 4.98 Å². The van der Waals surface area contributed by atoms with Gasteiger partial charge in [-0.2, -0.15) is 8.42 Å². The average Bonchev–Trinajstić information content (AvgIpc) is 2.54. The Morgan fingerprint density at radius 1 is 1.22 bits per heavy atom. The fourth-order valence-corrected chi connectivity index (χ4v) is 3.39. The van der Waals surface area contributed by atoms with Crippen molar-refractivity contribution < 1.29 is 18.3 Å². The summed E-state index contributed by atoms with van der Waals surface area (Å²) in [5, 5.41) is 8.72. The molecule has 0 aliphatic rings. The van der Waals surface area contributed by atoms with E-state index in [0.29, 0.717) is 5.69 Å². The van der Waals surface area contributed by atoms with Gasteiger partial charge < -0.3 is 5.11 Å². The molecular weight excluding hydrogens is 316 g/mol. The van der Waals surface area contributed by atoms with Crippen LogP contribution in [0.1, 0.15) is 35.7 Å². The number of carboxylic acid groups (broad SMARTS) is 1. The normalized spacial score (nSPS) is 11.5. The Labute approximate surface area is 135 Å².